The highest BCUT2D eigenvalue weighted by Crippen LogP contribution is 2.32. The van der Waals surface area contributed by atoms with Crippen LogP contribution in [0.2, 0.25) is 0 Å². The third-order valence-electron chi connectivity index (χ3n) is 5.53. The zero-order valence-electron chi connectivity index (χ0n) is 18.0. The Labute approximate surface area is 182 Å². The second-order valence-corrected chi connectivity index (χ2v) is 7.75. The van der Waals surface area contributed by atoms with Gasteiger partial charge in [-0.2, -0.15) is 5.26 Å². The van der Waals surface area contributed by atoms with Crippen molar-refractivity contribution in [1.29, 1.82) is 5.26 Å². The second-order valence-electron chi connectivity index (χ2n) is 7.75. The number of nitrogens with one attached hydrogen (secondary N) is 1. The van der Waals surface area contributed by atoms with E-state index in [4.69, 9.17) is 5.26 Å². The molecule has 1 saturated heterocycles. The van der Waals surface area contributed by atoms with E-state index in [1.807, 2.05) is 57.2 Å². The number of carbonyl (C=O) groups is 3. The number of rotatable bonds is 7. The van der Waals surface area contributed by atoms with Crippen LogP contribution in [-0.4, -0.2) is 35.8 Å². The average Bonchev–Trinajstić information content (AvgIpc) is 2.99. The van der Waals surface area contributed by atoms with Gasteiger partial charge in [0.25, 0.3) is 5.91 Å². The number of imide groups is 1. The molecule has 0 bridgehead atoms. The second kappa shape index (κ2) is 9.00. The van der Waals surface area contributed by atoms with Crippen molar-refractivity contribution in [2.24, 2.45) is 0 Å². The van der Waals surface area contributed by atoms with E-state index in [0.29, 0.717) is 17.7 Å². The van der Waals surface area contributed by atoms with Crippen LogP contribution in [0.1, 0.15) is 36.5 Å². The number of nitrogens with zero attached hydrogens (tertiary/aromatic N) is 3. The minimum absolute atomic E-state index is 0.141. The molecule has 2 aromatic rings. The molecule has 31 heavy (non-hydrogen) atoms. The fourth-order valence-electron chi connectivity index (χ4n) is 4.02. The van der Waals surface area contributed by atoms with Crippen LogP contribution in [0.25, 0.3) is 0 Å². The molecule has 160 valence electrons. The van der Waals surface area contributed by atoms with Gasteiger partial charge in [-0.05, 0) is 49.1 Å². The number of aryl methyl sites for hydroxylation is 2. The number of anilines is 1. The maximum Gasteiger partial charge on any atom is 0.325 e. The van der Waals surface area contributed by atoms with Gasteiger partial charge in [0.2, 0.25) is 5.91 Å². The van der Waals surface area contributed by atoms with Crippen molar-refractivity contribution in [3.63, 3.8) is 0 Å². The Morgan fingerprint density at radius 1 is 1.13 bits per heavy atom. The Kier molecular flexibility index (Phi) is 6.40. The van der Waals surface area contributed by atoms with Crippen LogP contribution in [0.4, 0.5) is 10.5 Å². The van der Waals surface area contributed by atoms with E-state index in [1.165, 1.54) is 4.90 Å². The van der Waals surface area contributed by atoms with Crippen LogP contribution < -0.4 is 10.2 Å². The van der Waals surface area contributed by atoms with Crippen LogP contribution in [0.15, 0.2) is 48.5 Å². The number of carbonyl (C=O) groups excluding carboxylic acids is 3. The Morgan fingerprint density at radius 2 is 1.77 bits per heavy atom. The van der Waals surface area contributed by atoms with Gasteiger partial charge >= 0.3 is 6.03 Å². The van der Waals surface area contributed by atoms with Crippen LogP contribution in [-0.2, 0) is 15.1 Å². The Morgan fingerprint density at radius 3 is 2.35 bits per heavy atom. The van der Waals surface area contributed by atoms with Crippen LogP contribution in [0.3, 0.4) is 0 Å². The minimum Gasteiger partial charge on any atom is -0.319 e. The highest BCUT2D eigenvalue weighted by Gasteiger charge is 2.51. The summed E-state index contributed by atoms with van der Waals surface area (Å²) in [6.07, 6.45) is 0.503. The normalized spacial score (nSPS) is 17.9. The summed E-state index contributed by atoms with van der Waals surface area (Å²) in [7, 11) is 0. The number of benzene rings is 2. The van der Waals surface area contributed by atoms with E-state index < -0.39 is 29.9 Å². The van der Waals surface area contributed by atoms with E-state index in [1.54, 1.807) is 12.1 Å². The van der Waals surface area contributed by atoms with Crippen molar-refractivity contribution >= 4 is 23.5 Å². The molecule has 0 spiro atoms. The number of urea groups is 1. The number of hydrogen-bond acceptors (Lipinski definition) is 4. The lowest BCUT2D eigenvalue weighted by Crippen LogP contribution is -2.46. The molecule has 4 amide bonds. The third-order valence-corrected chi connectivity index (χ3v) is 5.53. The predicted molar refractivity (Wildman–Crippen MR) is 117 cm³/mol. The fourth-order valence-corrected chi connectivity index (χ4v) is 4.02. The van der Waals surface area contributed by atoms with Crippen molar-refractivity contribution in [2.75, 3.05) is 18.0 Å². The van der Waals surface area contributed by atoms with E-state index >= 15 is 0 Å². The van der Waals surface area contributed by atoms with Gasteiger partial charge in [-0.15, -0.1) is 0 Å². The van der Waals surface area contributed by atoms with Crippen LogP contribution in [0.5, 0.6) is 0 Å². The SMILES string of the molecule is CCC1(c2ccccc2)NC(=O)N(CC(=O)N(CCC#N)c2cc(C)cc(C)c2)C1=O. The van der Waals surface area contributed by atoms with Gasteiger partial charge in [-0.1, -0.05) is 43.3 Å². The lowest BCUT2D eigenvalue weighted by Gasteiger charge is -2.27. The summed E-state index contributed by atoms with van der Waals surface area (Å²) >= 11 is 0. The van der Waals surface area contributed by atoms with Crippen LogP contribution >= 0.6 is 0 Å². The molecule has 7 nitrogen and oxygen atoms in total. The highest BCUT2D eigenvalue weighted by molar-refractivity contribution is 6.10. The Hall–Kier alpha value is -3.66. The maximum absolute atomic E-state index is 13.3. The van der Waals surface area contributed by atoms with Crippen LogP contribution in [0, 0.1) is 25.2 Å². The monoisotopic (exact) mass is 418 g/mol. The standard InChI is InChI=1S/C24H26N4O3/c1-4-24(19-9-6-5-7-10-19)22(30)28(23(31)26-24)16-21(29)27(12-8-11-25)20-14-17(2)13-18(3)15-20/h5-7,9-10,13-15H,4,8,12,16H2,1-3H3,(H,26,31). The fraction of sp³-hybridized carbons (Fsp3) is 0.333. The first-order valence-corrected chi connectivity index (χ1v) is 10.3. The molecule has 0 aliphatic carbocycles. The summed E-state index contributed by atoms with van der Waals surface area (Å²) in [5.74, 6) is -0.857. The van der Waals surface area contributed by atoms with Crippen molar-refractivity contribution in [3.8, 4) is 6.07 Å². The summed E-state index contributed by atoms with van der Waals surface area (Å²) in [4.78, 5) is 41.7. The zero-order chi connectivity index (χ0) is 22.6. The third kappa shape index (κ3) is 4.29. The first kappa shape index (κ1) is 22.0. The molecular formula is C24H26N4O3. The molecule has 1 unspecified atom stereocenters. The summed E-state index contributed by atoms with van der Waals surface area (Å²) < 4.78 is 0. The van der Waals surface area contributed by atoms with Crippen molar-refractivity contribution in [1.82, 2.24) is 10.2 Å². The summed E-state index contributed by atoms with van der Waals surface area (Å²) in [5, 5.41) is 11.8. The van der Waals surface area contributed by atoms with Gasteiger partial charge in [0.1, 0.15) is 12.1 Å². The summed E-state index contributed by atoms with van der Waals surface area (Å²) in [6, 6.07) is 16.2. The summed E-state index contributed by atoms with van der Waals surface area (Å²) in [6.45, 7) is 5.47. The van der Waals surface area contributed by atoms with Gasteiger partial charge < -0.3 is 10.2 Å². The Balaban J connectivity index is 1.88. The van der Waals surface area contributed by atoms with E-state index in [0.717, 1.165) is 16.0 Å². The van der Waals surface area contributed by atoms with E-state index in [-0.39, 0.29) is 13.0 Å². The molecule has 0 radical (unpaired) electrons. The molecule has 1 aliphatic rings. The summed E-state index contributed by atoms with van der Waals surface area (Å²) in [5.41, 5.74) is 2.11. The molecule has 1 fully saturated rings. The molecule has 1 atom stereocenters. The molecule has 2 aromatic carbocycles. The van der Waals surface area contributed by atoms with E-state index in [2.05, 4.69) is 11.4 Å². The number of hydrogen-bond donors (Lipinski definition) is 1. The van der Waals surface area contributed by atoms with Crippen molar-refractivity contribution < 1.29 is 14.4 Å². The average molecular weight is 418 g/mol. The van der Waals surface area contributed by atoms with Crippen molar-refractivity contribution in [2.45, 2.75) is 39.2 Å². The number of amides is 4. The van der Waals surface area contributed by atoms with Gasteiger partial charge in [0, 0.05) is 12.2 Å². The topological polar surface area (TPSA) is 93.5 Å². The number of nitriles is 1. The molecule has 3 rings (SSSR count). The zero-order valence-corrected chi connectivity index (χ0v) is 18.0. The molecule has 0 aromatic heterocycles. The van der Waals surface area contributed by atoms with Gasteiger partial charge in [0.15, 0.2) is 0 Å². The first-order valence-electron chi connectivity index (χ1n) is 10.3. The molecular weight excluding hydrogens is 392 g/mol. The van der Waals surface area contributed by atoms with E-state index in [9.17, 15) is 14.4 Å². The maximum atomic E-state index is 13.3. The minimum atomic E-state index is -1.18. The van der Waals surface area contributed by atoms with Crippen molar-refractivity contribution in [3.05, 3.63) is 65.2 Å². The Bertz CT molecular complexity index is 1020. The molecule has 0 saturated carbocycles. The lowest BCUT2D eigenvalue weighted by atomic mass is 9.87. The molecule has 1 heterocycles. The van der Waals surface area contributed by atoms with Gasteiger partial charge in [-0.3, -0.25) is 14.5 Å². The predicted octanol–water partition coefficient (Wildman–Crippen LogP) is 3.41. The first-order chi connectivity index (χ1) is 14.8. The lowest BCUT2D eigenvalue weighted by molar-refractivity contribution is -0.134. The smallest absolute Gasteiger partial charge is 0.319 e. The molecule has 1 N–H and O–H groups in total. The quantitative estimate of drug-likeness (QED) is 0.698. The molecule has 1 aliphatic heterocycles. The van der Waals surface area contributed by atoms with Gasteiger partial charge in [-0.25, -0.2) is 4.79 Å². The highest BCUT2D eigenvalue weighted by atomic mass is 16.2. The molecule has 7 heteroatoms. The largest absolute Gasteiger partial charge is 0.325 e. The van der Waals surface area contributed by atoms with Gasteiger partial charge in [0.05, 0.1) is 12.5 Å².